The lowest BCUT2D eigenvalue weighted by Gasteiger charge is -2.33. The quantitative estimate of drug-likeness (QED) is 0.444. The van der Waals surface area contributed by atoms with Crippen molar-refractivity contribution in [3.05, 3.63) is 64.7 Å². The second-order valence-corrected chi connectivity index (χ2v) is 10.9. The molecule has 8 heteroatoms. The van der Waals surface area contributed by atoms with Gasteiger partial charge in [0.25, 0.3) is 0 Å². The first-order valence-electron chi connectivity index (χ1n) is 12.2. The number of nitrogens with one attached hydrogen (secondary N) is 1. The fourth-order valence-electron chi connectivity index (χ4n) is 4.00. The van der Waals surface area contributed by atoms with Crippen molar-refractivity contribution in [3.8, 4) is 0 Å². The average Bonchev–Trinajstić information content (AvgIpc) is 2.80. The van der Waals surface area contributed by atoms with Gasteiger partial charge in [-0.25, -0.2) is 8.42 Å². The van der Waals surface area contributed by atoms with Crippen LogP contribution in [0.15, 0.2) is 42.5 Å². The highest BCUT2D eigenvalue weighted by Crippen LogP contribution is 2.26. The van der Waals surface area contributed by atoms with Crippen LogP contribution in [-0.2, 0) is 26.2 Å². The Morgan fingerprint density at radius 1 is 0.971 bits per heavy atom. The van der Waals surface area contributed by atoms with Crippen LogP contribution >= 0.6 is 0 Å². The topological polar surface area (TPSA) is 86.8 Å². The summed E-state index contributed by atoms with van der Waals surface area (Å²) >= 11 is 0. The van der Waals surface area contributed by atoms with Crippen molar-refractivity contribution in [2.75, 3.05) is 23.7 Å². The Morgan fingerprint density at radius 3 is 2.23 bits per heavy atom. The zero-order chi connectivity index (χ0) is 26.2. The van der Waals surface area contributed by atoms with Crippen molar-refractivity contribution in [1.82, 2.24) is 10.2 Å². The molecule has 1 atom stereocenters. The molecule has 0 aromatic heterocycles. The van der Waals surface area contributed by atoms with Gasteiger partial charge in [0.2, 0.25) is 21.8 Å². The zero-order valence-electron chi connectivity index (χ0n) is 21.8. The van der Waals surface area contributed by atoms with Crippen molar-refractivity contribution in [2.24, 2.45) is 0 Å². The molecule has 1 N–H and O–H groups in total. The number of carbonyl (C=O) groups excluding carboxylic acids is 2. The molecule has 0 aliphatic rings. The van der Waals surface area contributed by atoms with E-state index in [2.05, 4.69) is 5.32 Å². The Labute approximate surface area is 210 Å². The number of hydrogen-bond donors (Lipinski definition) is 1. The average molecular weight is 502 g/mol. The van der Waals surface area contributed by atoms with E-state index < -0.39 is 22.0 Å². The van der Waals surface area contributed by atoms with Crippen molar-refractivity contribution in [3.63, 3.8) is 0 Å². The van der Waals surface area contributed by atoms with Gasteiger partial charge in [-0.15, -0.1) is 0 Å². The summed E-state index contributed by atoms with van der Waals surface area (Å²) in [4.78, 5) is 28.4. The number of aryl methyl sites for hydroxylation is 2. The fourth-order valence-corrected chi connectivity index (χ4v) is 4.90. The lowest BCUT2D eigenvalue weighted by Crippen LogP contribution is -2.52. The van der Waals surface area contributed by atoms with E-state index in [9.17, 15) is 18.0 Å². The first kappa shape index (κ1) is 28.4. The molecule has 35 heavy (non-hydrogen) atoms. The summed E-state index contributed by atoms with van der Waals surface area (Å²) in [5.74, 6) is -0.641. The standard InChI is InChI=1S/C27H39N3O4S/c1-7-9-17-28-27(32)24(8-2)29(18-23-15-11-10-13-21(23)4)26(31)19-30(35(6,33)34)25-16-12-14-20(3)22(25)5/h10-16,24H,7-9,17-19H2,1-6H3,(H,28,32)/t24-/m1/s1. The van der Waals surface area contributed by atoms with E-state index >= 15 is 0 Å². The SMILES string of the molecule is CCCCNC(=O)[C@@H](CC)N(Cc1ccccc1C)C(=O)CN(c1cccc(C)c1C)S(C)(=O)=O. The second kappa shape index (κ2) is 12.7. The summed E-state index contributed by atoms with van der Waals surface area (Å²) in [6, 6.07) is 12.4. The summed E-state index contributed by atoms with van der Waals surface area (Å²) in [6.45, 7) is 9.98. The fraction of sp³-hybridized carbons (Fsp3) is 0.481. The molecule has 0 saturated heterocycles. The predicted molar refractivity (Wildman–Crippen MR) is 142 cm³/mol. The van der Waals surface area contributed by atoms with Crippen LogP contribution in [0.1, 0.15) is 55.4 Å². The number of unbranched alkanes of at least 4 members (excludes halogenated alkanes) is 1. The van der Waals surface area contributed by atoms with E-state index in [1.54, 1.807) is 12.1 Å². The molecule has 0 bridgehead atoms. The minimum atomic E-state index is -3.75. The van der Waals surface area contributed by atoms with Crippen LogP contribution in [0, 0.1) is 20.8 Å². The normalized spacial score (nSPS) is 12.2. The summed E-state index contributed by atoms with van der Waals surface area (Å²) in [5, 5.41) is 2.94. The van der Waals surface area contributed by atoms with Gasteiger partial charge in [0.05, 0.1) is 11.9 Å². The van der Waals surface area contributed by atoms with Gasteiger partial charge in [0.1, 0.15) is 12.6 Å². The van der Waals surface area contributed by atoms with E-state index in [4.69, 9.17) is 0 Å². The van der Waals surface area contributed by atoms with Gasteiger partial charge in [0.15, 0.2) is 0 Å². The molecule has 2 amide bonds. The van der Waals surface area contributed by atoms with Crippen LogP contribution in [0.3, 0.4) is 0 Å². The van der Waals surface area contributed by atoms with Crippen molar-refractivity contribution < 1.29 is 18.0 Å². The van der Waals surface area contributed by atoms with Crippen molar-refractivity contribution in [2.45, 2.75) is 66.5 Å². The van der Waals surface area contributed by atoms with E-state index in [1.165, 1.54) is 4.90 Å². The van der Waals surface area contributed by atoms with Crippen LogP contribution < -0.4 is 9.62 Å². The minimum absolute atomic E-state index is 0.218. The monoisotopic (exact) mass is 501 g/mol. The lowest BCUT2D eigenvalue weighted by molar-refractivity contribution is -0.140. The largest absolute Gasteiger partial charge is 0.354 e. The molecule has 7 nitrogen and oxygen atoms in total. The predicted octanol–water partition coefficient (Wildman–Crippen LogP) is 4.10. The molecular weight excluding hydrogens is 462 g/mol. The zero-order valence-corrected chi connectivity index (χ0v) is 22.6. The molecule has 2 aromatic rings. The number of amides is 2. The first-order chi connectivity index (χ1) is 16.5. The third-order valence-electron chi connectivity index (χ3n) is 6.34. The van der Waals surface area contributed by atoms with Crippen LogP contribution in [0.4, 0.5) is 5.69 Å². The maximum Gasteiger partial charge on any atom is 0.244 e. The second-order valence-electron chi connectivity index (χ2n) is 9.01. The van der Waals surface area contributed by atoms with Crippen LogP contribution in [0.2, 0.25) is 0 Å². The van der Waals surface area contributed by atoms with Gasteiger partial charge in [0, 0.05) is 13.1 Å². The molecular formula is C27H39N3O4S. The van der Waals surface area contributed by atoms with Gasteiger partial charge >= 0.3 is 0 Å². The highest BCUT2D eigenvalue weighted by molar-refractivity contribution is 7.92. The number of nitrogens with zero attached hydrogens (tertiary/aromatic N) is 2. The number of sulfonamides is 1. The molecule has 0 radical (unpaired) electrons. The Bertz CT molecular complexity index is 1130. The third kappa shape index (κ3) is 7.56. The summed E-state index contributed by atoms with van der Waals surface area (Å²) in [5.41, 5.74) is 4.11. The molecule has 0 aliphatic carbocycles. The van der Waals surface area contributed by atoms with Crippen LogP contribution in [0.5, 0.6) is 0 Å². The van der Waals surface area contributed by atoms with Gasteiger partial charge in [-0.3, -0.25) is 13.9 Å². The number of benzene rings is 2. The number of rotatable bonds is 12. The van der Waals surface area contributed by atoms with Crippen LogP contribution in [-0.4, -0.2) is 50.5 Å². The number of carbonyl (C=O) groups is 2. The minimum Gasteiger partial charge on any atom is -0.354 e. The van der Waals surface area contributed by atoms with Gasteiger partial charge in [-0.2, -0.15) is 0 Å². The van der Waals surface area contributed by atoms with Crippen molar-refractivity contribution in [1.29, 1.82) is 0 Å². The lowest BCUT2D eigenvalue weighted by atomic mass is 10.1. The van der Waals surface area contributed by atoms with Crippen LogP contribution in [0.25, 0.3) is 0 Å². The number of hydrogen-bond acceptors (Lipinski definition) is 4. The molecule has 0 unspecified atom stereocenters. The summed E-state index contributed by atoms with van der Waals surface area (Å²) in [6.07, 6.45) is 3.31. The van der Waals surface area contributed by atoms with Gasteiger partial charge in [-0.05, 0) is 61.9 Å². The third-order valence-corrected chi connectivity index (χ3v) is 7.47. The first-order valence-corrected chi connectivity index (χ1v) is 14.0. The molecule has 0 saturated carbocycles. The molecule has 0 heterocycles. The van der Waals surface area contributed by atoms with E-state index in [1.807, 2.05) is 65.0 Å². The molecule has 192 valence electrons. The van der Waals surface area contributed by atoms with E-state index in [0.29, 0.717) is 18.7 Å². The Hall–Kier alpha value is -2.87. The molecule has 0 fully saturated rings. The Kier molecular flexibility index (Phi) is 10.3. The summed E-state index contributed by atoms with van der Waals surface area (Å²) in [7, 11) is -3.75. The number of anilines is 1. The van der Waals surface area contributed by atoms with E-state index in [-0.39, 0.29) is 19.0 Å². The molecule has 2 rings (SSSR count). The molecule has 2 aromatic carbocycles. The maximum atomic E-state index is 13.8. The van der Waals surface area contributed by atoms with Crippen molar-refractivity contribution >= 4 is 27.5 Å². The van der Waals surface area contributed by atoms with E-state index in [0.717, 1.165) is 45.7 Å². The highest BCUT2D eigenvalue weighted by Gasteiger charge is 2.32. The molecule has 0 spiro atoms. The smallest absolute Gasteiger partial charge is 0.244 e. The Morgan fingerprint density at radius 2 is 1.63 bits per heavy atom. The molecule has 0 aliphatic heterocycles. The van der Waals surface area contributed by atoms with Gasteiger partial charge < -0.3 is 10.2 Å². The maximum absolute atomic E-state index is 13.8. The van der Waals surface area contributed by atoms with Gasteiger partial charge in [-0.1, -0.05) is 56.7 Å². The Balaban J connectivity index is 2.46. The summed E-state index contributed by atoms with van der Waals surface area (Å²) < 4.78 is 26.7. The highest BCUT2D eigenvalue weighted by atomic mass is 32.2.